The molecule has 0 heterocycles. The first-order valence-electron chi connectivity index (χ1n) is 5.33. The van der Waals surface area contributed by atoms with E-state index in [0.29, 0.717) is 5.92 Å². The summed E-state index contributed by atoms with van der Waals surface area (Å²) in [4.78, 5) is 0. The van der Waals surface area contributed by atoms with Gasteiger partial charge in [0, 0.05) is 0 Å². The molecular weight excluding hydrogens is 144 g/mol. The molecule has 0 amide bonds. The minimum atomic E-state index is 0.703. The van der Waals surface area contributed by atoms with Crippen molar-refractivity contribution in [1.29, 1.82) is 0 Å². The van der Waals surface area contributed by atoms with Crippen molar-refractivity contribution in [2.45, 2.75) is 53.9 Å². The highest BCUT2D eigenvalue weighted by molar-refractivity contribution is 4.74. The molecule has 0 saturated heterocycles. The van der Waals surface area contributed by atoms with Crippen molar-refractivity contribution in [3.63, 3.8) is 0 Å². The lowest BCUT2D eigenvalue weighted by atomic mass is 9.97. The van der Waals surface area contributed by atoms with Gasteiger partial charge in [-0.2, -0.15) is 0 Å². The Bertz CT molecular complexity index is 84.0. The van der Waals surface area contributed by atoms with E-state index in [4.69, 9.17) is 0 Å². The van der Waals surface area contributed by atoms with Gasteiger partial charge >= 0.3 is 0 Å². The van der Waals surface area contributed by atoms with Gasteiger partial charge < -0.3 is 0 Å². The van der Waals surface area contributed by atoms with E-state index < -0.39 is 0 Å². The predicted molar refractivity (Wildman–Crippen MR) is 59.4 cm³/mol. The lowest BCUT2D eigenvalue weighted by Crippen LogP contribution is -1.96. The highest BCUT2D eigenvalue weighted by Crippen LogP contribution is 2.14. The van der Waals surface area contributed by atoms with E-state index in [1.165, 1.54) is 19.3 Å². The van der Waals surface area contributed by atoms with Gasteiger partial charge in [-0.15, -0.1) is 6.58 Å². The van der Waals surface area contributed by atoms with Crippen LogP contribution in [0.2, 0.25) is 0 Å². The summed E-state index contributed by atoms with van der Waals surface area (Å²) in [5.41, 5.74) is 0. The standard InChI is InChI=1S/C10H20.C2H6/c1-5-9(3)7-8-10(4)6-2;1-2/h5,9-10H,1,6-8H2,2-4H3;1-2H3. The Morgan fingerprint density at radius 3 is 2.00 bits per heavy atom. The summed E-state index contributed by atoms with van der Waals surface area (Å²) in [6.07, 6.45) is 6.01. The van der Waals surface area contributed by atoms with Crippen LogP contribution in [0.5, 0.6) is 0 Å². The van der Waals surface area contributed by atoms with Crippen LogP contribution in [0.1, 0.15) is 53.9 Å². The van der Waals surface area contributed by atoms with Gasteiger partial charge in [0.25, 0.3) is 0 Å². The summed E-state index contributed by atoms with van der Waals surface area (Å²) < 4.78 is 0. The van der Waals surface area contributed by atoms with E-state index in [1.807, 2.05) is 19.9 Å². The Hall–Kier alpha value is -0.260. The monoisotopic (exact) mass is 170 g/mol. The normalized spacial score (nSPS) is 14.1. The van der Waals surface area contributed by atoms with E-state index in [-0.39, 0.29) is 0 Å². The van der Waals surface area contributed by atoms with Crippen molar-refractivity contribution >= 4 is 0 Å². The average Bonchev–Trinajstić information content (AvgIpc) is 2.16. The van der Waals surface area contributed by atoms with Crippen LogP contribution in [0.15, 0.2) is 12.7 Å². The van der Waals surface area contributed by atoms with E-state index in [2.05, 4.69) is 27.4 Å². The highest BCUT2D eigenvalue weighted by Gasteiger charge is 2.00. The van der Waals surface area contributed by atoms with Gasteiger partial charge in [-0.1, -0.05) is 53.5 Å². The molecule has 0 radical (unpaired) electrons. The van der Waals surface area contributed by atoms with Crippen LogP contribution in [0.3, 0.4) is 0 Å². The zero-order valence-electron chi connectivity index (χ0n) is 9.56. The van der Waals surface area contributed by atoms with E-state index in [0.717, 1.165) is 5.92 Å². The minimum absolute atomic E-state index is 0.703. The van der Waals surface area contributed by atoms with E-state index in [1.54, 1.807) is 0 Å². The summed E-state index contributed by atoms with van der Waals surface area (Å²) in [5.74, 6) is 1.59. The molecule has 0 saturated carbocycles. The van der Waals surface area contributed by atoms with Gasteiger partial charge in [-0.05, 0) is 18.3 Å². The highest BCUT2D eigenvalue weighted by atomic mass is 14.1. The minimum Gasteiger partial charge on any atom is -0.103 e. The molecule has 0 spiro atoms. The molecule has 0 aromatic rings. The Kier molecular flexibility index (Phi) is 12.8. The summed E-state index contributed by atoms with van der Waals surface area (Å²) >= 11 is 0. The van der Waals surface area contributed by atoms with Crippen LogP contribution >= 0.6 is 0 Å². The first kappa shape index (κ1) is 14.3. The van der Waals surface area contributed by atoms with Gasteiger partial charge in [0.05, 0.1) is 0 Å². The first-order chi connectivity index (χ1) is 5.70. The molecule has 2 atom stereocenters. The first-order valence-corrected chi connectivity index (χ1v) is 5.33. The van der Waals surface area contributed by atoms with Gasteiger partial charge in [-0.3, -0.25) is 0 Å². The Morgan fingerprint density at radius 1 is 1.17 bits per heavy atom. The molecule has 0 aromatic heterocycles. The zero-order valence-corrected chi connectivity index (χ0v) is 9.56. The molecule has 0 aromatic carbocycles. The molecule has 0 bridgehead atoms. The van der Waals surface area contributed by atoms with Crippen molar-refractivity contribution in [2.75, 3.05) is 0 Å². The maximum Gasteiger partial charge on any atom is -0.0265 e. The molecule has 74 valence electrons. The van der Waals surface area contributed by atoms with Gasteiger partial charge in [0.2, 0.25) is 0 Å². The van der Waals surface area contributed by atoms with Crippen LogP contribution in [0.4, 0.5) is 0 Å². The third-order valence-electron chi connectivity index (χ3n) is 2.21. The largest absolute Gasteiger partial charge is 0.103 e. The number of hydrogen-bond acceptors (Lipinski definition) is 0. The van der Waals surface area contributed by atoms with Gasteiger partial charge in [0.1, 0.15) is 0 Å². The van der Waals surface area contributed by atoms with Crippen molar-refractivity contribution in [2.24, 2.45) is 11.8 Å². The SMILES string of the molecule is C=CC(C)CCC(C)CC.CC. The smallest absolute Gasteiger partial charge is 0.0265 e. The summed E-state index contributed by atoms with van der Waals surface area (Å²) in [7, 11) is 0. The number of rotatable bonds is 5. The van der Waals surface area contributed by atoms with Crippen molar-refractivity contribution in [3.05, 3.63) is 12.7 Å². The maximum atomic E-state index is 3.76. The molecule has 0 N–H and O–H groups in total. The Morgan fingerprint density at radius 2 is 1.67 bits per heavy atom. The molecule has 12 heavy (non-hydrogen) atoms. The molecule has 0 heteroatoms. The predicted octanol–water partition coefficient (Wildman–Crippen LogP) is 4.66. The summed E-state index contributed by atoms with van der Waals surface area (Å²) in [6, 6.07) is 0. The number of allylic oxidation sites excluding steroid dienone is 1. The molecular formula is C12H26. The second-order valence-corrected chi connectivity index (χ2v) is 3.30. The molecule has 0 aliphatic heterocycles. The van der Waals surface area contributed by atoms with Crippen LogP contribution in [0, 0.1) is 11.8 Å². The third-order valence-corrected chi connectivity index (χ3v) is 2.21. The molecule has 0 rings (SSSR count). The average molecular weight is 170 g/mol. The molecule has 0 fully saturated rings. The third kappa shape index (κ3) is 9.74. The summed E-state index contributed by atoms with van der Waals surface area (Å²) in [6.45, 7) is 14.6. The molecule has 0 aliphatic carbocycles. The van der Waals surface area contributed by atoms with E-state index in [9.17, 15) is 0 Å². The van der Waals surface area contributed by atoms with Crippen molar-refractivity contribution in [3.8, 4) is 0 Å². The fraction of sp³-hybridized carbons (Fsp3) is 0.833. The number of hydrogen-bond donors (Lipinski definition) is 0. The Balaban J connectivity index is 0. The second kappa shape index (κ2) is 10.7. The Labute approximate surface area is 79.1 Å². The van der Waals surface area contributed by atoms with Crippen LogP contribution in [0.25, 0.3) is 0 Å². The lowest BCUT2D eigenvalue weighted by molar-refractivity contribution is 0.460. The van der Waals surface area contributed by atoms with Crippen LogP contribution < -0.4 is 0 Å². The quantitative estimate of drug-likeness (QED) is 0.526. The maximum absolute atomic E-state index is 3.76. The topological polar surface area (TPSA) is 0 Å². The van der Waals surface area contributed by atoms with Gasteiger partial charge in [-0.25, -0.2) is 0 Å². The zero-order chi connectivity index (χ0) is 9.98. The van der Waals surface area contributed by atoms with E-state index >= 15 is 0 Å². The summed E-state index contributed by atoms with van der Waals surface area (Å²) in [5, 5.41) is 0. The van der Waals surface area contributed by atoms with Crippen molar-refractivity contribution < 1.29 is 0 Å². The van der Waals surface area contributed by atoms with Crippen LogP contribution in [-0.2, 0) is 0 Å². The fourth-order valence-electron chi connectivity index (χ4n) is 0.869. The molecule has 2 unspecified atom stereocenters. The van der Waals surface area contributed by atoms with Crippen LogP contribution in [-0.4, -0.2) is 0 Å². The van der Waals surface area contributed by atoms with Gasteiger partial charge in [0.15, 0.2) is 0 Å². The molecule has 0 aliphatic rings. The lowest BCUT2D eigenvalue weighted by Gasteiger charge is -2.09. The van der Waals surface area contributed by atoms with Crippen molar-refractivity contribution in [1.82, 2.24) is 0 Å². The molecule has 0 nitrogen and oxygen atoms in total. The second-order valence-electron chi connectivity index (χ2n) is 3.30. The fourth-order valence-corrected chi connectivity index (χ4v) is 0.869.